The van der Waals surface area contributed by atoms with Gasteiger partial charge in [-0.1, -0.05) is 54.6 Å². The number of methoxy groups -OCH3 is 2. The number of rotatable bonds is 7. The molecule has 3 aromatic rings. The molecular weight excluding hydrogens is 490 g/mol. The number of carboxylic acids is 2. The standard InChI is InChI=1S/C27H31NO3.C2H2O4.H2O/c1-30-25-12-8-22(9-13-25)27(29,23-10-14-26(31-2)15-11-23)24-16-18-28(19-17-24)20-21-6-4-3-5-7-21;3-1(4)2(5)6;/h3-15,24,29H,16-20H2,1-2H3;(H,3,4)(H,5,6);1H2. The Bertz CT molecular complexity index is 1080. The third-order valence-corrected chi connectivity index (χ3v) is 6.67. The third-order valence-electron chi connectivity index (χ3n) is 6.67. The predicted molar refractivity (Wildman–Crippen MR) is 142 cm³/mol. The number of benzene rings is 3. The lowest BCUT2D eigenvalue weighted by molar-refractivity contribution is -0.159. The first-order valence-electron chi connectivity index (χ1n) is 12.0. The summed E-state index contributed by atoms with van der Waals surface area (Å²) in [7, 11) is 3.32. The Morgan fingerprint density at radius 1 is 0.789 bits per heavy atom. The van der Waals surface area contributed by atoms with Crippen LogP contribution in [0.2, 0.25) is 0 Å². The molecule has 0 unspecified atom stereocenters. The van der Waals surface area contributed by atoms with Crippen LogP contribution >= 0.6 is 0 Å². The fourth-order valence-corrected chi connectivity index (χ4v) is 4.68. The molecule has 3 aromatic carbocycles. The normalized spacial score (nSPS) is 13.9. The van der Waals surface area contributed by atoms with Crippen molar-refractivity contribution in [1.82, 2.24) is 4.90 Å². The fourth-order valence-electron chi connectivity index (χ4n) is 4.68. The molecule has 0 spiro atoms. The first kappa shape index (κ1) is 30.3. The summed E-state index contributed by atoms with van der Waals surface area (Å²) < 4.78 is 10.7. The van der Waals surface area contributed by atoms with E-state index in [1.807, 2.05) is 48.5 Å². The molecule has 0 bridgehead atoms. The van der Waals surface area contributed by atoms with Gasteiger partial charge in [-0.2, -0.15) is 0 Å². The van der Waals surface area contributed by atoms with Gasteiger partial charge in [-0.3, -0.25) is 4.90 Å². The second-order valence-electron chi connectivity index (χ2n) is 8.87. The summed E-state index contributed by atoms with van der Waals surface area (Å²) in [6.07, 6.45) is 1.86. The highest BCUT2D eigenvalue weighted by molar-refractivity contribution is 6.27. The second kappa shape index (κ2) is 14.1. The van der Waals surface area contributed by atoms with Crippen LogP contribution in [0.5, 0.6) is 11.5 Å². The molecule has 1 heterocycles. The van der Waals surface area contributed by atoms with Crippen LogP contribution in [0.15, 0.2) is 78.9 Å². The van der Waals surface area contributed by atoms with Crippen LogP contribution in [0.3, 0.4) is 0 Å². The van der Waals surface area contributed by atoms with Crippen molar-refractivity contribution in [3.8, 4) is 11.5 Å². The highest BCUT2D eigenvalue weighted by Crippen LogP contribution is 2.43. The zero-order chi connectivity index (χ0) is 26.8. The Morgan fingerprint density at radius 3 is 1.58 bits per heavy atom. The molecule has 9 heteroatoms. The minimum absolute atomic E-state index is 0. The van der Waals surface area contributed by atoms with Gasteiger partial charge in [0.2, 0.25) is 0 Å². The maximum Gasteiger partial charge on any atom is 0.414 e. The van der Waals surface area contributed by atoms with Crippen molar-refractivity contribution < 1.29 is 39.9 Å². The number of ether oxygens (including phenoxy) is 2. The number of likely N-dealkylation sites (tertiary alicyclic amines) is 1. The van der Waals surface area contributed by atoms with Crippen LogP contribution in [0.25, 0.3) is 0 Å². The Kier molecular flexibility index (Phi) is 11.3. The average Bonchev–Trinajstić information content (AvgIpc) is 2.94. The molecule has 1 saturated heterocycles. The van der Waals surface area contributed by atoms with Crippen LogP contribution in [0, 0.1) is 5.92 Å². The van der Waals surface area contributed by atoms with Crippen molar-refractivity contribution in [2.45, 2.75) is 25.0 Å². The van der Waals surface area contributed by atoms with Crippen molar-refractivity contribution in [2.75, 3.05) is 27.3 Å². The minimum Gasteiger partial charge on any atom is -0.497 e. The topological polar surface area (TPSA) is 148 Å². The number of carbonyl (C=O) groups is 2. The van der Waals surface area contributed by atoms with E-state index in [1.165, 1.54) is 5.56 Å². The lowest BCUT2D eigenvalue weighted by Crippen LogP contribution is -2.44. The Balaban J connectivity index is 0.000000652. The number of aliphatic carboxylic acids is 2. The molecule has 0 aliphatic carbocycles. The first-order chi connectivity index (χ1) is 17.8. The van der Waals surface area contributed by atoms with Crippen LogP contribution in [-0.4, -0.2) is 64.9 Å². The Labute approximate surface area is 222 Å². The molecule has 0 amide bonds. The molecule has 1 fully saturated rings. The quantitative estimate of drug-likeness (QED) is 0.398. The zero-order valence-corrected chi connectivity index (χ0v) is 21.5. The van der Waals surface area contributed by atoms with Crippen molar-refractivity contribution in [2.24, 2.45) is 5.92 Å². The van der Waals surface area contributed by atoms with E-state index >= 15 is 0 Å². The molecule has 0 atom stereocenters. The molecule has 0 aromatic heterocycles. The minimum atomic E-state index is -1.82. The predicted octanol–water partition coefficient (Wildman–Crippen LogP) is 3.18. The average molecular weight is 526 g/mol. The van der Waals surface area contributed by atoms with Crippen LogP contribution in [-0.2, 0) is 21.7 Å². The van der Waals surface area contributed by atoms with Gasteiger partial charge in [0.15, 0.2) is 0 Å². The summed E-state index contributed by atoms with van der Waals surface area (Å²) in [5, 5.41) is 27.0. The van der Waals surface area contributed by atoms with Crippen molar-refractivity contribution in [3.63, 3.8) is 0 Å². The first-order valence-corrected chi connectivity index (χ1v) is 12.0. The van der Waals surface area contributed by atoms with Gasteiger partial charge >= 0.3 is 11.9 Å². The summed E-state index contributed by atoms with van der Waals surface area (Å²) >= 11 is 0. The van der Waals surface area contributed by atoms with E-state index in [-0.39, 0.29) is 11.4 Å². The smallest absolute Gasteiger partial charge is 0.414 e. The summed E-state index contributed by atoms with van der Waals surface area (Å²) in [5.41, 5.74) is 2.08. The number of nitrogens with zero attached hydrogens (tertiary/aromatic N) is 1. The van der Waals surface area contributed by atoms with E-state index in [0.717, 1.165) is 55.1 Å². The SMILES string of the molecule is COc1ccc(C(O)(c2ccc(OC)cc2)C2CCN(Cc3ccccc3)CC2)cc1.O.O=C(O)C(=O)O. The summed E-state index contributed by atoms with van der Waals surface area (Å²) in [4.78, 5) is 20.7. The van der Waals surface area contributed by atoms with E-state index in [2.05, 4.69) is 35.2 Å². The summed E-state index contributed by atoms with van der Waals surface area (Å²) in [6, 6.07) is 26.2. The maximum absolute atomic E-state index is 12.2. The van der Waals surface area contributed by atoms with Gasteiger partial charge in [0, 0.05) is 6.54 Å². The Hall–Kier alpha value is -3.92. The van der Waals surface area contributed by atoms with Gasteiger partial charge in [0.1, 0.15) is 17.1 Å². The fraction of sp³-hybridized carbons (Fsp3) is 0.310. The largest absolute Gasteiger partial charge is 0.497 e. The van der Waals surface area contributed by atoms with Gasteiger partial charge in [-0.05, 0) is 72.8 Å². The molecule has 0 saturated carbocycles. The highest BCUT2D eigenvalue weighted by Gasteiger charge is 2.41. The lowest BCUT2D eigenvalue weighted by Gasteiger charge is -2.42. The molecular formula is C29H35NO8. The van der Waals surface area contributed by atoms with Gasteiger partial charge in [-0.25, -0.2) is 9.59 Å². The number of piperidine rings is 1. The molecule has 204 valence electrons. The van der Waals surface area contributed by atoms with Gasteiger partial charge in [0.05, 0.1) is 14.2 Å². The second-order valence-corrected chi connectivity index (χ2v) is 8.87. The van der Waals surface area contributed by atoms with Crippen molar-refractivity contribution >= 4 is 11.9 Å². The number of aliphatic hydroxyl groups is 1. The van der Waals surface area contributed by atoms with Gasteiger partial charge < -0.3 is 30.3 Å². The molecule has 9 nitrogen and oxygen atoms in total. The van der Waals surface area contributed by atoms with Crippen LogP contribution in [0.1, 0.15) is 29.5 Å². The lowest BCUT2D eigenvalue weighted by atomic mass is 9.72. The highest BCUT2D eigenvalue weighted by atomic mass is 16.5. The van der Waals surface area contributed by atoms with Crippen molar-refractivity contribution in [3.05, 3.63) is 95.6 Å². The maximum atomic E-state index is 12.2. The van der Waals surface area contributed by atoms with Crippen LogP contribution < -0.4 is 9.47 Å². The van der Waals surface area contributed by atoms with Crippen LogP contribution in [0.4, 0.5) is 0 Å². The third kappa shape index (κ3) is 7.55. The molecule has 5 N–H and O–H groups in total. The molecule has 38 heavy (non-hydrogen) atoms. The van der Waals surface area contributed by atoms with Gasteiger partial charge in [0.25, 0.3) is 0 Å². The monoisotopic (exact) mass is 525 g/mol. The van der Waals surface area contributed by atoms with E-state index in [0.29, 0.717) is 0 Å². The van der Waals surface area contributed by atoms with E-state index < -0.39 is 17.5 Å². The van der Waals surface area contributed by atoms with Crippen molar-refractivity contribution in [1.29, 1.82) is 0 Å². The molecule has 4 rings (SSSR count). The van der Waals surface area contributed by atoms with E-state index in [1.54, 1.807) is 14.2 Å². The summed E-state index contributed by atoms with van der Waals surface area (Å²) in [5.74, 6) is -1.94. The summed E-state index contributed by atoms with van der Waals surface area (Å²) in [6.45, 7) is 2.89. The number of carboxylic acid groups (broad SMARTS) is 2. The Morgan fingerprint density at radius 2 is 1.21 bits per heavy atom. The van der Waals surface area contributed by atoms with E-state index in [9.17, 15) is 5.11 Å². The van der Waals surface area contributed by atoms with E-state index in [4.69, 9.17) is 29.3 Å². The molecule has 0 radical (unpaired) electrons. The molecule has 1 aliphatic heterocycles. The number of hydrogen-bond donors (Lipinski definition) is 3. The number of hydrogen-bond acceptors (Lipinski definition) is 6. The van der Waals surface area contributed by atoms with Gasteiger partial charge in [-0.15, -0.1) is 0 Å². The molecule has 1 aliphatic rings. The zero-order valence-electron chi connectivity index (χ0n) is 21.5.